The van der Waals surface area contributed by atoms with Gasteiger partial charge in [-0.3, -0.25) is 9.59 Å². The van der Waals surface area contributed by atoms with Gasteiger partial charge in [0.25, 0.3) is 0 Å². The molecule has 2 N–H and O–H groups in total. The highest BCUT2D eigenvalue weighted by molar-refractivity contribution is 7.55. The predicted molar refractivity (Wildman–Crippen MR) is 170 cm³/mol. The first-order valence-electron chi connectivity index (χ1n) is 15.2. The van der Waals surface area contributed by atoms with E-state index in [1.807, 2.05) is 46.8 Å². The second-order valence-electron chi connectivity index (χ2n) is 13.3. The van der Waals surface area contributed by atoms with Crippen LogP contribution < -0.4 is 19.7 Å². The van der Waals surface area contributed by atoms with Crippen molar-refractivity contribution in [1.29, 1.82) is 0 Å². The molecule has 1 aliphatic heterocycles. The lowest BCUT2D eigenvalue weighted by Gasteiger charge is -2.36. The molecule has 2 aromatic rings. The molecule has 2 unspecified atom stereocenters. The van der Waals surface area contributed by atoms with Crippen LogP contribution in [0.25, 0.3) is 0 Å². The monoisotopic (exact) mass is 629 g/mol. The van der Waals surface area contributed by atoms with Crippen molar-refractivity contribution < 1.29 is 32.7 Å². The van der Waals surface area contributed by atoms with E-state index in [2.05, 4.69) is 10.6 Å². The maximum Gasteiger partial charge on any atom is 0.453 e. The molecule has 11 heteroatoms. The van der Waals surface area contributed by atoms with E-state index in [9.17, 15) is 18.9 Å². The minimum absolute atomic E-state index is 0.307. The Balaban J connectivity index is 1.90. The average Bonchev–Trinajstić information content (AvgIpc) is 3.43. The molecule has 1 saturated heterocycles. The third kappa shape index (κ3) is 9.49. The summed E-state index contributed by atoms with van der Waals surface area (Å²) in [5, 5.41) is 5.70. The third-order valence-corrected chi connectivity index (χ3v) is 9.63. The van der Waals surface area contributed by atoms with Gasteiger partial charge in [0.05, 0.1) is 0 Å². The molecule has 242 valence electrons. The molecule has 1 aliphatic rings. The summed E-state index contributed by atoms with van der Waals surface area (Å²) in [6, 6.07) is 15.6. The van der Waals surface area contributed by atoms with Crippen LogP contribution in [0.1, 0.15) is 74.7 Å². The fourth-order valence-corrected chi connectivity index (χ4v) is 7.14. The number of benzene rings is 2. The Labute approximate surface area is 261 Å². The lowest BCUT2D eigenvalue weighted by atomic mass is 9.85. The number of para-hydroxylation sites is 2. The molecule has 3 amide bonds. The Kier molecular flexibility index (Phi) is 11.5. The molecular weight excluding hydrogens is 581 g/mol. The Bertz CT molecular complexity index is 1260. The van der Waals surface area contributed by atoms with E-state index in [0.717, 1.165) is 0 Å². The summed E-state index contributed by atoms with van der Waals surface area (Å²) < 4.78 is 32.3. The van der Waals surface area contributed by atoms with Gasteiger partial charge in [-0.25, -0.2) is 9.36 Å². The summed E-state index contributed by atoms with van der Waals surface area (Å²) in [6.07, 6.45) is 0.877. The minimum Gasteiger partial charge on any atom is -0.444 e. The van der Waals surface area contributed by atoms with Crippen LogP contribution >= 0.6 is 7.60 Å². The molecule has 0 aliphatic carbocycles. The van der Waals surface area contributed by atoms with E-state index < -0.39 is 48.5 Å². The second-order valence-corrected chi connectivity index (χ2v) is 15.3. The van der Waals surface area contributed by atoms with Crippen molar-refractivity contribution in [1.82, 2.24) is 15.5 Å². The zero-order valence-electron chi connectivity index (χ0n) is 27.2. The largest absolute Gasteiger partial charge is 0.453 e. The highest BCUT2D eigenvalue weighted by Gasteiger charge is 2.47. The van der Waals surface area contributed by atoms with Crippen LogP contribution in [0.5, 0.6) is 11.5 Å². The molecule has 1 fully saturated rings. The van der Waals surface area contributed by atoms with Crippen LogP contribution in [0.3, 0.4) is 0 Å². The zero-order valence-corrected chi connectivity index (χ0v) is 28.1. The second kappa shape index (κ2) is 14.5. The van der Waals surface area contributed by atoms with Gasteiger partial charge in [0, 0.05) is 6.54 Å². The van der Waals surface area contributed by atoms with Gasteiger partial charge in [-0.1, -0.05) is 77.4 Å². The summed E-state index contributed by atoms with van der Waals surface area (Å²) in [5.41, 5.74) is -1.41. The van der Waals surface area contributed by atoms with E-state index in [1.54, 1.807) is 69.3 Å². The fraction of sp³-hybridized carbons (Fsp3) is 0.545. The van der Waals surface area contributed by atoms with E-state index >= 15 is 0 Å². The standard InChI is InChI=1S/C33H48N3O7P/c1-9-23(2)29(44(40,42-24-17-12-10-13-18-24)43-25-19-14-11-15-20-25)35-28(37)26-21-16-22-36(26)30(38)27(32(3,4)5)34-31(39)41-33(6,7)8/h10-15,17-20,23,26-27,29H,9,16,21-22H2,1-8H3,(H,34,39)(H,35,37)/t23?,26-,27+,29?/m0/s1. The quantitative estimate of drug-likeness (QED) is 0.264. The Morgan fingerprint density at radius 2 is 1.43 bits per heavy atom. The van der Waals surface area contributed by atoms with Crippen molar-refractivity contribution in [2.75, 3.05) is 6.54 Å². The highest BCUT2D eigenvalue weighted by atomic mass is 31.2. The summed E-state index contributed by atoms with van der Waals surface area (Å²) in [4.78, 5) is 42.1. The molecule has 1 heterocycles. The number of carbonyl (C=O) groups is 3. The highest BCUT2D eigenvalue weighted by Crippen LogP contribution is 2.54. The number of carbonyl (C=O) groups excluding carboxylic acids is 3. The van der Waals surface area contributed by atoms with Gasteiger partial charge in [-0.05, 0) is 69.2 Å². The van der Waals surface area contributed by atoms with Gasteiger partial charge in [-0.15, -0.1) is 0 Å². The van der Waals surface area contributed by atoms with E-state index in [-0.39, 0.29) is 11.8 Å². The maximum absolute atomic E-state index is 14.7. The molecule has 0 spiro atoms. The van der Waals surface area contributed by atoms with E-state index in [4.69, 9.17) is 13.8 Å². The maximum atomic E-state index is 14.7. The number of nitrogens with zero attached hydrogens (tertiary/aromatic N) is 1. The number of rotatable bonds is 11. The zero-order chi connectivity index (χ0) is 32.7. The lowest BCUT2D eigenvalue weighted by Crippen LogP contribution is -2.58. The SMILES string of the molecule is CCC(C)C(NC(=O)[C@@H]1CCCN1C(=O)[C@@H](NC(=O)OC(C)(C)C)C(C)(C)C)P(=O)(Oc1ccccc1)Oc1ccccc1. The van der Waals surface area contributed by atoms with Gasteiger partial charge < -0.3 is 29.3 Å². The number of hydrogen-bond acceptors (Lipinski definition) is 7. The van der Waals surface area contributed by atoms with Crippen molar-refractivity contribution in [2.45, 2.75) is 98.1 Å². The normalized spacial score (nSPS) is 17.6. The van der Waals surface area contributed by atoms with Crippen molar-refractivity contribution in [3.63, 3.8) is 0 Å². The summed E-state index contributed by atoms with van der Waals surface area (Å²) in [7, 11) is -4.08. The summed E-state index contributed by atoms with van der Waals surface area (Å²) in [5.74, 6) is -1.48. The predicted octanol–water partition coefficient (Wildman–Crippen LogP) is 6.76. The van der Waals surface area contributed by atoms with E-state index in [1.165, 1.54) is 4.90 Å². The Morgan fingerprint density at radius 3 is 1.89 bits per heavy atom. The van der Waals surface area contributed by atoms with Crippen molar-refractivity contribution in [2.24, 2.45) is 11.3 Å². The minimum atomic E-state index is -4.08. The number of alkyl carbamates (subject to hydrolysis) is 1. The van der Waals surface area contributed by atoms with Crippen LogP contribution in [-0.2, 0) is 18.9 Å². The van der Waals surface area contributed by atoms with Gasteiger partial charge in [-0.2, -0.15) is 0 Å². The average molecular weight is 630 g/mol. The molecule has 0 radical (unpaired) electrons. The van der Waals surface area contributed by atoms with Crippen molar-refractivity contribution in [3.05, 3.63) is 60.7 Å². The molecular formula is C33H48N3O7P. The Morgan fingerprint density at radius 1 is 0.909 bits per heavy atom. The topological polar surface area (TPSA) is 123 Å². The smallest absolute Gasteiger partial charge is 0.444 e. The molecule has 10 nitrogen and oxygen atoms in total. The molecule has 4 atom stereocenters. The van der Waals surface area contributed by atoms with Crippen LogP contribution in [0.4, 0.5) is 4.79 Å². The molecule has 0 saturated carbocycles. The molecule has 0 aromatic heterocycles. The lowest BCUT2D eigenvalue weighted by molar-refractivity contribution is -0.142. The van der Waals surface area contributed by atoms with Crippen LogP contribution in [-0.4, -0.2) is 52.8 Å². The number of nitrogens with one attached hydrogen (secondary N) is 2. The number of likely N-dealkylation sites (tertiary alicyclic amines) is 1. The van der Waals surface area contributed by atoms with E-state index in [0.29, 0.717) is 37.3 Å². The van der Waals surface area contributed by atoms with Gasteiger partial charge in [0.2, 0.25) is 11.8 Å². The summed E-state index contributed by atoms with van der Waals surface area (Å²) >= 11 is 0. The van der Waals surface area contributed by atoms with Gasteiger partial charge in [0.1, 0.15) is 29.2 Å². The van der Waals surface area contributed by atoms with Crippen molar-refractivity contribution in [3.8, 4) is 11.5 Å². The Hall–Kier alpha value is -3.52. The van der Waals surface area contributed by atoms with Crippen LogP contribution in [0, 0.1) is 11.3 Å². The number of amides is 3. The van der Waals surface area contributed by atoms with Gasteiger partial charge >= 0.3 is 13.7 Å². The van der Waals surface area contributed by atoms with Gasteiger partial charge in [0.15, 0.2) is 5.78 Å². The molecule has 0 bridgehead atoms. The number of hydrogen-bond donors (Lipinski definition) is 2. The van der Waals surface area contributed by atoms with Crippen LogP contribution in [0.2, 0.25) is 0 Å². The van der Waals surface area contributed by atoms with Crippen molar-refractivity contribution >= 4 is 25.5 Å². The first-order valence-corrected chi connectivity index (χ1v) is 16.8. The number of ether oxygens (including phenoxy) is 1. The first kappa shape index (κ1) is 35.0. The van der Waals surface area contributed by atoms with Crippen LogP contribution in [0.15, 0.2) is 60.7 Å². The summed E-state index contributed by atoms with van der Waals surface area (Å²) in [6.45, 7) is 14.9. The third-order valence-electron chi connectivity index (χ3n) is 7.38. The molecule has 2 aromatic carbocycles. The molecule has 44 heavy (non-hydrogen) atoms. The molecule has 3 rings (SSSR count). The first-order chi connectivity index (χ1) is 20.5. The fourth-order valence-electron chi connectivity index (χ4n) is 4.93.